The van der Waals surface area contributed by atoms with Gasteiger partial charge >= 0.3 is 17.7 Å². The standard InChI is InChI=1S/C43H37N2O5S.C36H36BrN2O7S.C34H27N2O5S/c1-5-21-44-36-20-18-33(48-28-31-11-9-8-10-12-31)24-39(36)49-40(44)25-34-42(46)35(43(34)51-22-6-2)26-41-45(27-30-15-13-29(7-3)14-16-30)37-19-17-32(47-4)23-38(37)50-41;1-24-7-9-30-31(19-24)45-34(39(30)23-25-5-3-2-4-6-25)22-28-35(42)27(36(28)47-18-17-44-16-13-41)21-33-38(11-14-43-15-12-40)29-10-8-26(37)20-32(29)46-33;37-17-16-35-27-12-4-6-14-29(27)40-31(35)19-25-33(38)26(34(25)42-22-24-11-8-18-39-24)20-32-36(21-23-9-2-1-3-10-23)28-13-5-7-15-30(28)41-32/h2,7-20,23-26H,3,5,21-22,27-28H2,1,4H3;2-10,19-22,40-41H,11-18,23H2,1H3;1-15,18-20,37H,16-17,21-22H2/q3*+1. The number of aliphatic hydroxyl groups excluding tert-OH is 3. The number of ketones is 3. The lowest BCUT2D eigenvalue weighted by molar-refractivity contribution is -0.669. The number of hydrogen-bond acceptors (Lipinski definition) is 23. The highest BCUT2D eigenvalue weighted by molar-refractivity contribution is 9.10. The lowest BCUT2D eigenvalue weighted by Crippen LogP contribution is -2.36. The average Bonchev–Trinajstić information content (AvgIpc) is 1.63. The summed E-state index contributed by atoms with van der Waals surface area (Å²) >= 11 is 8.03. The first-order valence-corrected chi connectivity index (χ1v) is 49.6. The zero-order valence-electron chi connectivity index (χ0n) is 77.1. The van der Waals surface area contributed by atoms with Crippen molar-refractivity contribution in [1.29, 1.82) is 0 Å². The number of rotatable bonds is 37. The molecule has 6 aliphatic rings. The van der Waals surface area contributed by atoms with Crippen LogP contribution in [0, 0.1) is 19.3 Å². The van der Waals surface area contributed by atoms with Crippen molar-refractivity contribution in [3.8, 4) is 41.1 Å². The number of halogens is 1. The number of aryl methyl sites for hydroxylation is 1. The van der Waals surface area contributed by atoms with E-state index in [4.69, 9.17) is 67.5 Å². The summed E-state index contributed by atoms with van der Waals surface area (Å²) in [7, 11) is 1.62. The topological polar surface area (TPSA) is 250 Å². The fourth-order valence-corrected chi connectivity index (χ4v) is 20.1. The number of carbonyl (C=O) groups excluding carboxylic acids is 3. The van der Waals surface area contributed by atoms with E-state index >= 15 is 0 Å². The number of aliphatic hydroxyl groups is 3. The predicted molar refractivity (Wildman–Crippen MR) is 550 cm³/mol. The summed E-state index contributed by atoms with van der Waals surface area (Å²) in [5, 5.41) is 28.0. The van der Waals surface area contributed by atoms with Crippen LogP contribution in [0.5, 0.6) is 28.7 Å². The Kier molecular flexibility index (Phi) is 30.8. The zero-order valence-corrected chi connectivity index (χ0v) is 81.2. The number of ether oxygens (including phenoxy) is 7. The largest absolute Gasteiger partial charge is 0.497 e. The molecule has 0 amide bonds. The number of terminal acetylenes is 1. The Balaban J connectivity index is 0.000000140. The Bertz CT molecular complexity index is 7350. The molecule has 706 valence electrons. The first-order valence-electron chi connectivity index (χ1n) is 45.9. The first-order chi connectivity index (χ1) is 68.6. The Labute approximate surface area is 831 Å². The molecule has 0 radical (unpaired) electrons. The fourth-order valence-electron chi connectivity index (χ4n) is 16.8. The molecule has 3 aliphatic carbocycles. The number of furan rings is 1. The average molecular weight is 1990 g/mol. The first kappa shape index (κ1) is 95.9. The Morgan fingerprint density at radius 1 is 0.464 bits per heavy atom. The van der Waals surface area contributed by atoms with Crippen molar-refractivity contribution in [3.05, 3.63) is 407 Å². The summed E-state index contributed by atoms with van der Waals surface area (Å²) in [4.78, 5) is 50.1. The van der Waals surface area contributed by atoms with Gasteiger partial charge in [-0.05, 0) is 103 Å². The summed E-state index contributed by atoms with van der Waals surface area (Å²) in [6, 6.07) is 81.3. The van der Waals surface area contributed by atoms with E-state index in [1.807, 2.05) is 253 Å². The number of allylic oxidation sites excluding steroid dienone is 9. The molecule has 140 heavy (non-hydrogen) atoms. The van der Waals surface area contributed by atoms with Crippen molar-refractivity contribution in [2.75, 3.05) is 99.2 Å². The molecule has 3 aliphatic heterocycles. The molecule has 14 aromatic rings. The molecule has 0 spiro atoms. The highest BCUT2D eigenvalue weighted by atomic mass is 79.9. The smallest absolute Gasteiger partial charge is 0.375 e. The second kappa shape index (κ2) is 45.0. The number of nitrogens with zero attached hydrogens (tertiary/aromatic N) is 6. The van der Waals surface area contributed by atoms with Gasteiger partial charge < -0.3 is 80.8 Å². The third-order valence-electron chi connectivity index (χ3n) is 23.6. The minimum atomic E-state index is -0.114. The highest BCUT2D eigenvalue weighted by Gasteiger charge is 2.42. The van der Waals surface area contributed by atoms with E-state index in [0.29, 0.717) is 173 Å². The molecule has 23 nitrogen and oxygen atoms in total. The van der Waals surface area contributed by atoms with Crippen LogP contribution in [-0.4, -0.2) is 117 Å². The van der Waals surface area contributed by atoms with E-state index in [1.165, 1.54) is 35.3 Å². The molecule has 10 aromatic carbocycles. The maximum atomic E-state index is 14.0. The van der Waals surface area contributed by atoms with E-state index in [2.05, 4.69) is 96.4 Å². The van der Waals surface area contributed by atoms with Gasteiger partial charge in [-0.2, -0.15) is 13.7 Å². The summed E-state index contributed by atoms with van der Waals surface area (Å²) in [6.45, 7) is 12.8. The lowest BCUT2D eigenvalue weighted by atomic mass is 9.89. The molecule has 3 N–H and O–H groups in total. The van der Waals surface area contributed by atoms with Gasteiger partial charge in [0.25, 0.3) is 16.6 Å². The van der Waals surface area contributed by atoms with Crippen molar-refractivity contribution >= 4 is 143 Å². The van der Waals surface area contributed by atoms with Crippen LogP contribution in [0.1, 0.15) is 70.2 Å². The van der Waals surface area contributed by atoms with Crippen LogP contribution in [0.4, 0.5) is 17.1 Å². The minimum absolute atomic E-state index is 0.0485. The van der Waals surface area contributed by atoms with Gasteiger partial charge in [-0.1, -0.05) is 187 Å². The second-order valence-corrected chi connectivity index (χ2v) is 36.9. The Morgan fingerprint density at radius 2 is 0.964 bits per heavy atom. The molecule has 0 atom stereocenters. The van der Waals surface area contributed by atoms with Gasteiger partial charge in [0.05, 0.1) is 106 Å². The van der Waals surface area contributed by atoms with Gasteiger partial charge in [-0.15, -0.1) is 41.7 Å². The third-order valence-corrected chi connectivity index (χ3v) is 27.4. The number of carbonyl (C=O) groups is 3. The number of oxazole rings is 3. The molecule has 20 rings (SSSR count). The van der Waals surface area contributed by atoms with Crippen molar-refractivity contribution in [2.45, 2.75) is 52.3 Å². The van der Waals surface area contributed by atoms with E-state index < -0.39 is 0 Å². The zero-order chi connectivity index (χ0) is 96.5. The molecule has 0 bridgehead atoms. The lowest BCUT2D eigenvalue weighted by Gasteiger charge is -2.25. The number of fused-ring (bicyclic) bond motifs is 6. The minimum Gasteiger partial charge on any atom is -0.497 e. The van der Waals surface area contributed by atoms with E-state index in [0.717, 1.165) is 116 Å². The van der Waals surface area contributed by atoms with Gasteiger partial charge in [-0.25, -0.2) is 0 Å². The number of anilines is 3. The van der Waals surface area contributed by atoms with Gasteiger partial charge in [0.2, 0.25) is 34.4 Å². The van der Waals surface area contributed by atoms with Crippen LogP contribution in [-0.2, 0) is 55.9 Å². The molecule has 0 saturated carbocycles. The van der Waals surface area contributed by atoms with E-state index in [9.17, 15) is 19.5 Å². The summed E-state index contributed by atoms with van der Waals surface area (Å²) in [6.07, 6.45) is 20.9. The van der Waals surface area contributed by atoms with Crippen LogP contribution in [0.3, 0.4) is 0 Å². The van der Waals surface area contributed by atoms with Crippen molar-refractivity contribution in [2.24, 2.45) is 0 Å². The van der Waals surface area contributed by atoms with Gasteiger partial charge in [0.1, 0.15) is 23.9 Å². The molecule has 7 heterocycles. The molecule has 27 heteroatoms. The molecule has 0 unspecified atom stereocenters. The number of aromatic nitrogens is 3. The van der Waals surface area contributed by atoms with Gasteiger partial charge in [-0.3, -0.25) is 14.4 Å². The number of benzene rings is 10. The van der Waals surface area contributed by atoms with Crippen LogP contribution >= 0.6 is 51.2 Å². The molecule has 0 fully saturated rings. The van der Waals surface area contributed by atoms with Crippen molar-refractivity contribution < 1.29 is 94.2 Å². The van der Waals surface area contributed by atoms with Crippen LogP contribution in [0.15, 0.2) is 368 Å². The van der Waals surface area contributed by atoms with Crippen LogP contribution in [0.25, 0.3) is 57.6 Å². The van der Waals surface area contributed by atoms with Crippen LogP contribution < -0.4 is 52.1 Å². The summed E-state index contributed by atoms with van der Waals surface area (Å²) < 4.78 is 73.2. The molecule has 0 saturated heterocycles. The quantitative estimate of drug-likeness (QED) is 0.0142. The van der Waals surface area contributed by atoms with Crippen molar-refractivity contribution in [3.63, 3.8) is 0 Å². The Hall–Kier alpha value is -14.4. The summed E-state index contributed by atoms with van der Waals surface area (Å²) in [5.41, 5.74) is 17.4. The number of β-amino-alcohol motifs (C(OH)–C–C–N with tert-alkyl or cyclic N) is 1. The monoisotopic (exact) mass is 1990 g/mol. The number of Topliss-reactive ketones (excluding diaryl/α,β-unsaturated/α-hetero) is 3. The number of methoxy groups -OCH3 is 1. The molecular formula is C113H100BrN6O17S3+3. The SMILES string of the molecule is C#CCSC1=C(/C=C2/Oc3cc(OCc4ccccc4)ccc3N2CCC)C(=O)/C1=C/c1oc2cc(OC)ccc2[n+]1Cc1ccc(C=C)cc1.Cc1ccc2c(c1)oc(C=C1C(=O)C(C=C3Oc4cc(Br)ccc4N3CCOCCO)=C1SCCOCCO)[n+]2Cc1ccccc1.O=C1C(/C=C2/Oc3ccccc3N2CCO)=C(SCc2ccco2)C/1=C\c1oc2ccccc2[n+]1Cc1ccccc1. The van der Waals surface area contributed by atoms with Crippen molar-refractivity contribution in [1.82, 2.24) is 0 Å². The summed E-state index contributed by atoms with van der Waals surface area (Å²) in [5.74, 6) is 11.5. The van der Waals surface area contributed by atoms with Gasteiger partial charge in [0, 0.05) is 143 Å². The maximum Gasteiger partial charge on any atom is 0.375 e. The number of hydrogen-bond donors (Lipinski definition) is 3. The maximum absolute atomic E-state index is 14.0. The number of thioether (sulfide) groups is 3. The van der Waals surface area contributed by atoms with E-state index in [1.54, 1.807) is 25.5 Å². The highest BCUT2D eigenvalue weighted by Crippen LogP contribution is 2.50. The molecule has 4 aromatic heterocycles. The van der Waals surface area contributed by atoms with Gasteiger partial charge in [0.15, 0.2) is 54.2 Å². The fraction of sp³-hybridized carbons (Fsp3) is 0.186. The second-order valence-electron chi connectivity index (χ2n) is 33.0. The third kappa shape index (κ3) is 21.5. The normalized spacial score (nSPS) is 15.8. The Morgan fingerprint density at radius 3 is 1.55 bits per heavy atom. The molecular weight excluding hydrogens is 1890 g/mol. The number of para-hydroxylation sites is 4. The van der Waals surface area contributed by atoms with E-state index in [-0.39, 0.29) is 50.4 Å². The van der Waals surface area contributed by atoms with Crippen LogP contribution in [0.2, 0.25) is 0 Å². The predicted octanol–water partition coefficient (Wildman–Crippen LogP) is 20.5.